The lowest BCUT2D eigenvalue weighted by molar-refractivity contribution is 0.0696. The summed E-state index contributed by atoms with van der Waals surface area (Å²) in [6.45, 7) is 9.44. The highest BCUT2D eigenvalue weighted by Gasteiger charge is 2.16. The lowest BCUT2D eigenvalue weighted by Gasteiger charge is -2.22. The van der Waals surface area contributed by atoms with Crippen LogP contribution in [0.25, 0.3) is 0 Å². The van der Waals surface area contributed by atoms with E-state index in [4.69, 9.17) is 0 Å². The van der Waals surface area contributed by atoms with E-state index in [1.165, 1.54) is 12.8 Å². The second kappa shape index (κ2) is 6.89. The Kier molecular flexibility index (Phi) is 5.17. The van der Waals surface area contributed by atoms with E-state index in [9.17, 15) is 9.90 Å². The molecule has 5 nitrogen and oxygen atoms in total. The number of hydrogen-bond donors (Lipinski definition) is 2. The number of nitrogens with zero attached hydrogens (tertiary/aromatic N) is 2. The number of rotatable bonds is 6. The van der Waals surface area contributed by atoms with Gasteiger partial charge in [0.05, 0.1) is 5.56 Å². The van der Waals surface area contributed by atoms with Gasteiger partial charge in [0, 0.05) is 18.3 Å². The number of pyridine rings is 1. The molecule has 0 radical (unpaired) electrons. The van der Waals surface area contributed by atoms with Crippen LogP contribution in [0.4, 0.5) is 5.82 Å². The number of likely N-dealkylation sites (tertiary alicyclic amines) is 1. The fourth-order valence-electron chi connectivity index (χ4n) is 2.70. The van der Waals surface area contributed by atoms with E-state index < -0.39 is 5.97 Å². The Morgan fingerprint density at radius 1 is 1.33 bits per heavy atom. The minimum atomic E-state index is -0.908. The Bertz CT molecular complexity index is 496. The van der Waals surface area contributed by atoms with Gasteiger partial charge in [0.1, 0.15) is 5.82 Å². The molecular formula is C16H25N3O2. The van der Waals surface area contributed by atoms with Crippen molar-refractivity contribution >= 4 is 11.8 Å². The summed E-state index contributed by atoms with van der Waals surface area (Å²) in [6, 6.07) is 3.53. The topological polar surface area (TPSA) is 65.5 Å². The molecule has 1 aliphatic heterocycles. The van der Waals surface area contributed by atoms with Gasteiger partial charge in [-0.2, -0.15) is 0 Å². The third-order valence-corrected chi connectivity index (χ3v) is 3.81. The summed E-state index contributed by atoms with van der Waals surface area (Å²) in [5, 5.41) is 12.6. The number of carbonyl (C=O) groups is 1. The largest absolute Gasteiger partial charge is 0.478 e. The van der Waals surface area contributed by atoms with Crippen molar-refractivity contribution < 1.29 is 9.90 Å². The number of carboxylic acids is 1. The number of aromatic carboxylic acids is 1. The highest BCUT2D eigenvalue weighted by Crippen LogP contribution is 2.18. The molecule has 1 fully saturated rings. The molecule has 2 rings (SSSR count). The van der Waals surface area contributed by atoms with E-state index in [1.807, 2.05) is 13.8 Å². The third-order valence-electron chi connectivity index (χ3n) is 3.81. The lowest BCUT2D eigenvalue weighted by atomic mass is 10.1. The molecule has 1 saturated heterocycles. The fourth-order valence-corrected chi connectivity index (χ4v) is 2.70. The lowest BCUT2D eigenvalue weighted by Crippen LogP contribution is -2.33. The standard InChI is InChI=1S/C16H25N3O2/c1-11(2)14-8-13(16(20)21)9-15(18-14)17-12(3)10-19-6-4-5-7-19/h8-9,11-12H,4-7,10H2,1-3H3,(H,17,18)(H,20,21). The second-order valence-corrected chi connectivity index (χ2v) is 6.18. The molecule has 0 aliphatic carbocycles. The molecule has 1 aromatic rings. The van der Waals surface area contributed by atoms with Gasteiger partial charge >= 0.3 is 5.97 Å². The van der Waals surface area contributed by atoms with Gasteiger partial charge in [0.15, 0.2) is 0 Å². The Morgan fingerprint density at radius 3 is 2.57 bits per heavy atom. The zero-order chi connectivity index (χ0) is 15.4. The van der Waals surface area contributed by atoms with E-state index in [0.717, 1.165) is 25.3 Å². The Balaban J connectivity index is 2.08. The van der Waals surface area contributed by atoms with Gasteiger partial charge in [-0.05, 0) is 50.9 Å². The van der Waals surface area contributed by atoms with Crippen molar-refractivity contribution in [3.8, 4) is 0 Å². The van der Waals surface area contributed by atoms with Crippen molar-refractivity contribution in [2.75, 3.05) is 25.0 Å². The van der Waals surface area contributed by atoms with Crippen LogP contribution in [-0.4, -0.2) is 46.6 Å². The van der Waals surface area contributed by atoms with Crippen LogP contribution in [0.5, 0.6) is 0 Å². The zero-order valence-electron chi connectivity index (χ0n) is 13.1. The molecule has 1 atom stereocenters. The number of hydrogen-bond acceptors (Lipinski definition) is 4. The van der Waals surface area contributed by atoms with E-state index in [0.29, 0.717) is 11.4 Å². The first-order valence-electron chi connectivity index (χ1n) is 7.70. The summed E-state index contributed by atoms with van der Waals surface area (Å²) in [4.78, 5) is 18.2. The van der Waals surface area contributed by atoms with Crippen LogP contribution in [0.2, 0.25) is 0 Å². The molecule has 1 aliphatic rings. The molecule has 5 heteroatoms. The van der Waals surface area contributed by atoms with Gasteiger partial charge in [-0.3, -0.25) is 0 Å². The molecule has 0 spiro atoms. The number of nitrogens with one attached hydrogen (secondary N) is 1. The summed E-state index contributed by atoms with van der Waals surface area (Å²) in [6.07, 6.45) is 2.55. The van der Waals surface area contributed by atoms with E-state index in [2.05, 4.69) is 22.1 Å². The van der Waals surface area contributed by atoms with Crippen LogP contribution >= 0.6 is 0 Å². The van der Waals surface area contributed by atoms with Gasteiger partial charge in [0.2, 0.25) is 0 Å². The first-order chi connectivity index (χ1) is 9.95. The summed E-state index contributed by atoms with van der Waals surface area (Å²) in [5.41, 5.74) is 1.11. The fraction of sp³-hybridized carbons (Fsp3) is 0.625. The maximum absolute atomic E-state index is 11.2. The molecule has 0 saturated carbocycles. The predicted octanol–water partition coefficient (Wildman–Crippen LogP) is 2.80. The molecule has 0 amide bonds. The van der Waals surface area contributed by atoms with E-state index in [-0.39, 0.29) is 12.0 Å². The SMILES string of the molecule is CC(CN1CCCC1)Nc1cc(C(=O)O)cc(C(C)C)n1. The van der Waals surface area contributed by atoms with Crippen molar-refractivity contribution in [1.29, 1.82) is 0 Å². The van der Waals surface area contributed by atoms with Crippen LogP contribution in [0, 0.1) is 0 Å². The minimum Gasteiger partial charge on any atom is -0.478 e. The Hall–Kier alpha value is -1.62. The van der Waals surface area contributed by atoms with Gasteiger partial charge in [-0.25, -0.2) is 9.78 Å². The van der Waals surface area contributed by atoms with Gasteiger partial charge in [0.25, 0.3) is 0 Å². The first kappa shape index (κ1) is 15.8. The number of anilines is 1. The predicted molar refractivity (Wildman–Crippen MR) is 84.0 cm³/mol. The molecule has 2 N–H and O–H groups in total. The van der Waals surface area contributed by atoms with Crippen LogP contribution in [0.1, 0.15) is 55.6 Å². The van der Waals surface area contributed by atoms with Crippen LogP contribution in [0.3, 0.4) is 0 Å². The highest BCUT2D eigenvalue weighted by molar-refractivity contribution is 5.88. The molecule has 2 heterocycles. The molecular weight excluding hydrogens is 266 g/mol. The Morgan fingerprint density at radius 2 is 2.00 bits per heavy atom. The van der Waals surface area contributed by atoms with Crippen molar-refractivity contribution in [3.63, 3.8) is 0 Å². The minimum absolute atomic E-state index is 0.207. The van der Waals surface area contributed by atoms with Crippen LogP contribution in [0.15, 0.2) is 12.1 Å². The van der Waals surface area contributed by atoms with E-state index >= 15 is 0 Å². The van der Waals surface area contributed by atoms with Crippen molar-refractivity contribution in [2.45, 2.75) is 45.6 Å². The number of aromatic nitrogens is 1. The normalized spacial score (nSPS) is 17.1. The molecule has 0 bridgehead atoms. The van der Waals surface area contributed by atoms with Gasteiger partial charge < -0.3 is 15.3 Å². The molecule has 116 valence electrons. The average Bonchev–Trinajstić information content (AvgIpc) is 2.90. The second-order valence-electron chi connectivity index (χ2n) is 6.18. The van der Waals surface area contributed by atoms with Crippen molar-refractivity contribution in [2.24, 2.45) is 0 Å². The monoisotopic (exact) mass is 291 g/mol. The van der Waals surface area contributed by atoms with Gasteiger partial charge in [-0.15, -0.1) is 0 Å². The first-order valence-corrected chi connectivity index (χ1v) is 7.70. The molecule has 1 unspecified atom stereocenters. The van der Waals surface area contributed by atoms with Gasteiger partial charge in [-0.1, -0.05) is 13.8 Å². The maximum atomic E-state index is 11.2. The number of carboxylic acid groups (broad SMARTS) is 1. The molecule has 1 aromatic heterocycles. The van der Waals surface area contributed by atoms with Crippen molar-refractivity contribution in [1.82, 2.24) is 9.88 Å². The third kappa shape index (κ3) is 4.43. The van der Waals surface area contributed by atoms with Crippen LogP contribution < -0.4 is 5.32 Å². The summed E-state index contributed by atoms with van der Waals surface area (Å²) in [7, 11) is 0. The van der Waals surface area contributed by atoms with Crippen LogP contribution in [-0.2, 0) is 0 Å². The summed E-state index contributed by atoms with van der Waals surface area (Å²) >= 11 is 0. The molecule has 0 aromatic carbocycles. The summed E-state index contributed by atoms with van der Waals surface area (Å²) < 4.78 is 0. The zero-order valence-corrected chi connectivity index (χ0v) is 13.1. The highest BCUT2D eigenvalue weighted by atomic mass is 16.4. The van der Waals surface area contributed by atoms with E-state index in [1.54, 1.807) is 12.1 Å². The molecule has 21 heavy (non-hydrogen) atoms. The quantitative estimate of drug-likeness (QED) is 0.843. The maximum Gasteiger partial charge on any atom is 0.335 e. The van der Waals surface area contributed by atoms with Crippen molar-refractivity contribution in [3.05, 3.63) is 23.4 Å². The average molecular weight is 291 g/mol. The summed E-state index contributed by atoms with van der Waals surface area (Å²) in [5.74, 6) is -0.0430. The Labute approximate surface area is 126 Å². The smallest absolute Gasteiger partial charge is 0.335 e.